The molecule has 0 aliphatic carbocycles. The summed E-state index contributed by atoms with van der Waals surface area (Å²) in [7, 11) is 0. The van der Waals surface area contributed by atoms with Crippen LogP contribution in [0.5, 0.6) is 0 Å². The topological polar surface area (TPSA) is 164 Å². The molecule has 1 unspecified atom stereocenters. The van der Waals surface area contributed by atoms with Crippen LogP contribution in [0.25, 0.3) is 18.2 Å². The Labute approximate surface area is 272 Å². The number of carbonyl (C=O) groups is 4. The number of carboxylic acids is 2. The molecule has 2 amide bonds. The molecule has 0 fully saturated rings. The van der Waals surface area contributed by atoms with E-state index in [0.717, 1.165) is 38.7 Å². The third-order valence-electron chi connectivity index (χ3n) is 8.56. The van der Waals surface area contributed by atoms with Crippen LogP contribution in [0, 0.1) is 19.8 Å². The second-order valence-corrected chi connectivity index (χ2v) is 13.3. The third kappa shape index (κ3) is 7.17. The van der Waals surface area contributed by atoms with Crippen molar-refractivity contribution in [3.63, 3.8) is 0 Å². The quantitative estimate of drug-likeness (QED) is 0.174. The number of nitrogens with one attached hydrogen (secondary N) is 4. The van der Waals surface area contributed by atoms with E-state index in [0.29, 0.717) is 33.7 Å². The van der Waals surface area contributed by atoms with Gasteiger partial charge in [-0.1, -0.05) is 6.92 Å². The van der Waals surface area contributed by atoms with Crippen LogP contribution in [0.3, 0.4) is 0 Å². The van der Waals surface area contributed by atoms with E-state index in [-0.39, 0.29) is 53.9 Å². The molecule has 0 saturated carbocycles. The smallest absolute Gasteiger partial charge is 0.303 e. The number of aromatic nitrogens is 2. The fourth-order valence-corrected chi connectivity index (χ4v) is 6.79. The number of carbonyl (C=O) groups excluding carboxylic acids is 2. The lowest BCUT2D eigenvalue weighted by Gasteiger charge is -2.11. The molecule has 12 heteroatoms. The van der Waals surface area contributed by atoms with E-state index >= 15 is 0 Å². The van der Waals surface area contributed by atoms with E-state index in [1.54, 1.807) is 6.92 Å². The lowest BCUT2D eigenvalue weighted by atomic mass is 9.98. The summed E-state index contributed by atoms with van der Waals surface area (Å²) in [6.07, 6.45) is 5.92. The van der Waals surface area contributed by atoms with E-state index in [2.05, 4.69) is 45.9 Å². The standard InChI is InChI=1S/C33H40N4O6S2/c1-14-20(7-9-28(38)39)25(34-22(14)11-24-16(3)31(19(6)45)33(43)36-24)13-26-21(8-10-29(40)41)15(2)23(35-26)12-27-30(18(5)44)17(4)32(42)37-27/h11-13,18-19,31,34-35,44-45H,7-10H2,1-6H3,(H,36,43)(H,37,42)(H,38,39)(H,40,41)/b22-11-,25-13-,27-12-/t18-,19-,31?/m0/s1. The minimum absolute atomic E-state index is 0.0836. The first kappa shape index (κ1) is 34.0. The maximum absolute atomic E-state index is 12.6. The van der Waals surface area contributed by atoms with Gasteiger partial charge in [0.2, 0.25) is 5.91 Å². The Morgan fingerprint density at radius 2 is 1.44 bits per heavy atom. The van der Waals surface area contributed by atoms with Crippen LogP contribution in [-0.4, -0.2) is 54.4 Å². The number of H-pyrrole nitrogens is 2. The summed E-state index contributed by atoms with van der Waals surface area (Å²) in [6.45, 7) is 11.2. The number of thiol groups is 2. The van der Waals surface area contributed by atoms with Crippen LogP contribution < -0.4 is 21.3 Å². The third-order valence-corrected chi connectivity index (χ3v) is 9.12. The van der Waals surface area contributed by atoms with Crippen LogP contribution in [0.4, 0.5) is 0 Å². The zero-order valence-corrected chi connectivity index (χ0v) is 28.0. The molecule has 0 saturated heterocycles. The highest BCUT2D eigenvalue weighted by Gasteiger charge is 2.32. The fourth-order valence-electron chi connectivity index (χ4n) is 6.10. The van der Waals surface area contributed by atoms with Crippen molar-refractivity contribution in [1.82, 2.24) is 20.6 Å². The number of rotatable bonds is 11. The van der Waals surface area contributed by atoms with E-state index in [4.69, 9.17) is 0 Å². The molecule has 0 aromatic carbocycles. The molecule has 0 bridgehead atoms. The van der Waals surface area contributed by atoms with Gasteiger partial charge < -0.3 is 30.8 Å². The highest BCUT2D eigenvalue weighted by Crippen LogP contribution is 2.31. The van der Waals surface area contributed by atoms with Gasteiger partial charge in [-0.3, -0.25) is 19.2 Å². The number of hydrogen-bond acceptors (Lipinski definition) is 6. The molecular weight excluding hydrogens is 613 g/mol. The van der Waals surface area contributed by atoms with Crippen LogP contribution in [0.2, 0.25) is 0 Å². The first-order chi connectivity index (χ1) is 21.1. The minimum Gasteiger partial charge on any atom is -0.481 e. The van der Waals surface area contributed by atoms with Crippen LogP contribution in [-0.2, 0) is 32.0 Å². The number of aromatic amines is 2. The molecule has 2 aromatic rings. The van der Waals surface area contributed by atoms with Gasteiger partial charge in [0.15, 0.2) is 0 Å². The van der Waals surface area contributed by atoms with E-state index in [1.165, 1.54) is 0 Å². The van der Waals surface area contributed by atoms with Crippen LogP contribution in [0.15, 0.2) is 28.1 Å². The molecule has 240 valence electrons. The van der Waals surface area contributed by atoms with Gasteiger partial charge in [-0.15, -0.1) is 0 Å². The number of hydrogen-bond donors (Lipinski definition) is 8. The second-order valence-electron chi connectivity index (χ2n) is 11.7. The molecule has 2 aromatic heterocycles. The Bertz CT molecular complexity index is 1810. The molecule has 45 heavy (non-hydrogen) atoms. The first-order valence-electron chi connectivity index (χ1n) is 14.8. The molecule has 4 rings (SSSR count). The van der Waals surface area contributed by atoms with Crippen molar-refractivity contribution in [3.8, 4) is 0 Å². The zero-order valence-electron chi connectivity index (χ0n) is 26.2. The molecule has 4 heterocycles. The monoisotopic (exact) mass is 652 g/mol. The summed E-state index contributed by atoms with van der Waals surface area (Å²) < 4.78 is 0. The van der Waals surface area contributed by atoms with Gasteiger partial charge in [0, 0.05) is 62.4 Å². The van der Waals surface area contributed by atoms with Crippen molar-refractivity contribution >= 4 is 67.2 Å². The largest absolute Gasteiger partial charge is 0.481 e. The van der Waals surface area contributed by atoms with E-state index in [9.17, 15) is 29.4 Å². The van der Waals surface area contributed by atoms with Crippen LogP contribution >= 0.6 is 25.3 Å². The highest BCUT2D eigenvalue weighted by molar-refractivity contribution is 7.81. The van der Waals surface area contributed by atoms with Gasteiger partial charge in [0.05, 0.1) is 5.92 Å². The summed E-state index contributed by atoms with van der Waals surface area (Å²) in [5, 5.41) is 25.8. The summed E-state index contributed by atoms with van der Waals surface area (Å²) >= 11 is 9.05. The summed E-state index contributed by atoms with van der Waals surface area (Å²) in [5.41, 5.74) is 8.23. The number of amides is 2. The van der Waals surface area contributed by atoms with Crippen molar-refractivity contribution in [2.45, 2.75) is 77.7 Å². The van der Waals surface area contributed by atoms with Gasteiger partial charge in [-0.05, 0) is 99.1 Å². The van der Waals surface area contributed by atoms with Crippen molar-refractivity contribution in [2.75, 3.05) is 0 Å². The average molecular weight is 653 g/mol. The molecule has 2 aliphatic rings. The Kier molecular flexibility index (Phi) is 10.3. The predicted octanol–water partition coefficient (Wildman–Crippen LogP) is 3.05. The van der Waals surface area contributed by atoms with Crippen molar-refractivity contribution < 1.29 is 29.4 Å². The highest BCUT2D eigenvalue weighted by atomic mass is 32.1. The molecule has 3 atom stereocenters. The van der Waals surface area contributed by atoms with Gasteiger partial charge in [-0.2, -0.15) is 25.3 Å². The van der Waals surface area contributed by atoms with Gasteiger partial charge >= 0.3 is 11.9 Å². The number of aliphatic carboxylic acids is 2. The predicted molar refractivity (Wildman–Crippen MR) is 180 cm³/mol. The normalized spacial score (nSPS) is 20.0. The minimum atomic E-state index is -0.930. The maximum Gasteiger partial charge on any atom is 0.303 e. The van der Waals surface area contributed by atoms with Crippen molar-refractivity contribution in [3.05, 3.63) is 72.5 Å². The van der Waals surface area contributed by atoms with Gasteiger partial charge in [0.25, 0.3) is 5.91 Å². The Balaban J connectivity index is 1.91. The molecule has 2 aliphatic heterocycles. The summed E-state index contributed by atoms with van der Waals surface area (Å²) in [6, 6.07) is 0. The molecule has 6 N–H and O–H groups in total. The first-order valence-corrected chi connectivity index (χ1v) is 15.8. The Morgan fingerprint density at radius 1 is 0.822 bits per heavy atom. The molecule has 0 spiro atoms. The van der Waals surface area contributed by atoms with E-state index in [1.807, 2.05) is 52.8 Å². The van der Waals surface area contributed by atoms with Crippen molar-refractivity contribution in [2.24, 2.45) is 5.92 Å². The van der Waals surface area contributed by atoms with Crippen LogP contribution in [0.1, 0.15) is 74.2 Å². The van der Waals surface area contributed by atoms with Gasteiger partial charge in [-0.25, -0.2) is 0 Å². The van der Waals surface area contributed by atoms with E-state index < -0.39 is 11.9 Å². The summed E-state index contributed by atoms with van der Waals surface area (Å²) in [4.78, 5) is 55.0. The lowest BCUT2D eigenvalue weighted by Crippen LogP contribution is -2.26. The SMILES string of the molecule is CC1=C([C@H](C)S)/C(=C/c2[nH]c(/C=c3\[nH]/c(=C\C4=C(C)C([C@H](C)S)C(=O)N4)c(C)c3CCC(=O)O)c(CCC(=O)O)c2C)NC1=O. The molecule has 10 nitrogen and oxygen atoms in total. The zero-order chi connectivity index (χ0) is 33.3. The molecule has 0 radical (unpaired) electrons. The summed E-state index contributed by atoms with van der Waals surface area (Å²) in [5.74, 6) is -2.52. The number of allylic oxidation sites excluding steroid dienone is 2. The fraction of sp³-hybridized carbons (Fsp3) is 0.394. The Morgan fingerprint density at radius 3 is 2.00 bits per heavy atom. The number of carboxylic acid groups (broad SMARTS) is 2. The average Bonchev–Trinajstić information content (AvgIpc) is 3.59. The maximum atomic E-state index is 12.6. The second kappa shape index (κ2) is 13.6. The van der Waals surface area contributed by atoms with Gasteiger partial charge in [0.1, 0.15) is 0 Å². The Hall–Kier alpha value is -3.90. The lowest BCUT2D eigenvalue weighted by molar-refractivity contribution is -0.138. The van der Waals surface area contributed by atoms with Crippen molar-refractivity contribution in [1.29, 1.82) is 0 Å². The molecular formula is C33H40N4O6S2.